The molecule has 0 spiro atoms. The maximum absolute atomic E-state index is 11.6. The molecule has 0 saturated carbocycles. The lowest BCUT2D eigenvalue weighted by Gasteiger charge is -2.36. The highest BCUT2D eigenvalue weighted by Gasteiger charge is 2.38. The Balaban J connectivity index is 2.35. The molecule has 9 nitrogen and oxygen atoms in total. The van der Waals surface area contributed by atoms with Crippen molar-refractivity contribution in [2.45, 2.75) is 31.0 Å². The zero-order chi connectivity index (χ0) is 14.2. The summed E-state index contributed by atoms with van der Waals surface area (Å²) < 4.78 is 6.00. The van der Waals surface area contributed by atoms with Gasteiger partial charge >= 0.3 is 5.69 Å². The van der Waals surface area contributed by atoms with Crippen LogP contribution in [-0.2, 0) is 4.74 Å². The fourth-order valence-electron chi connectivity index (χ4n) is 1.83. The Morgan fingerprint density at radius 1 is 1.47 bits per heavy atom. The molecular formula is C9H12BrN3O6. The van der Waals surface area contributed by atoms with Crippen molar-refractivity contribution in [1.29, 1.82) is 0 Å². The summed E-state index contributed by atoms with van der Waals surface area (Å²) in [5.74, 6) is 0. The van der Waals surface area contributed by atoms with Gasteiger partial charge in [0.2, 0.25) is 0 Å². The van der Waals surface area contributed by atoms with Crippen LogP contribution in [0.25, 0.3) is 0 Å². The van der Waals surface area contributed by atoms with E-state index in [0.29, 0.717) is 0 Å². The first-order valence-corrected chi connectivity index (χ1v) is 6.24. The van der Waals surface area contributed by atoms with Crippen LogP contribution in [0.5, 0.6) is 0 Å². The van der Waals surface area contributed by atoms with Gasteiger partial charge < -0.3 is 20.1 Å². The van der Waals surface area contributed by atoms with Crippen molar-refractivity contribution in [3.8, 4) is 0 Å². The van der Waals surface area contributed by atoms with Crippen LogP contribution in [0.1, 0.15) is 12.6 Å². The third-order valence-electron chi connectivity index (χ3n) is 2.81. The Labute approximate surface area is 114 Å². The van der Waals surface area contributed by atoms with Gasteiger partial charge in [0.05, 0.1) is 12.7 Å². The maximum Gasteiger partial charge on any atom is 0.347 e. The molecule has 1 unspecified atom stereocenters. The van der Waals surface area contributed by atoms with Gasteiger partial charge in [-0.05, 0) is 15.9 Å². The van der Waals surface area contributed by atoms with Crippen molar-refractivity contribution in [2.75, 3.05) is 6.61 Å². The van der Waals surface area contributed by atoms with E-state index in [1.807, 2.05) is 4.98 Å². The van der Waals surface area contributed by atoms with Crippen molar-refractivity contribution in [1.82, 2.24) is 14.8 Å². The zero-order valence-electron chi connectivity index (χ0n) is 9.56. The molecule has 1 saturated heterocycles. The molecule has 4 atom stereocenters. The maximum atomic E-state index is 11.6. The molecular weight excluding hydrogens is 326 g/mol. The number of hydrogen-bond donors (Lipinski definition) is 4. The smallest absolute Gasteiger partial charge is 0.347 e. The average Bonchev–Trinajstić information content (AvgIpc) is 2.37. The molecule has 1 aromatic heterocycles. The van der Waals surface area contributed by atoms with E-state index in [9.17, 15) is 19.8 Å². The molecule has 4 N–H and O–H groups in total. The molecule has 0 bridgehead atoms. The van der Waals surface area contributed by atoms with Crippen LogP contribution >= 0.6 is 15.9 Å². The third kappa shape index (κ3) is 2.77. The summed E-state index contributed by atoms with van der Waals surface area (Å²) in [6, 6.07) is 0. The molecule has 0 aromatic carbocycles. The predicted molar refractivity (Wildman–Crippen MR) is 64.4 cm³/mol. The number of aliphatic hydroxyl groups excluding tert-OH is 3. The van der Waals surface area contributed by atoms with E-state index in [0.717, 1.165) is 4.68 Å². The minimum absolute atomic E-state index is 0.0942. The van der Waals surface area contributed by atoms with E-state index in [-0.39, 0.29) is 11.0 Å². The second kappa shape index (κ2) is 5.51. The highest BCUT2D eigenvalue weighted by atomic mass is 79.9. The largest absolute Gasteiger partial charge is 0.394 e. The number of H-pyrrole nitrogens is 1. The van der Waals surface area contributed by atoms with Crippen LogP contribution in [0.4, 0.5) is 0 Å². The highest BCUT2D eigenvalue weighted by Crippen LogP contribution is 2.25. The van der Waals surface area contributed by atoms with Crippen LogP contribution < -0.4 is 11.2 Å². The topological polar surface area (TPSA) is 138 Å². The van der Waals surface area contributed by atoms with Gasteiger partial charge in [-0.2, -0.15) is 9.78 Å². The number of aromatic amines is 1. The van der Waals surface area contributed by atoms with E-state index in [2.05, 4.69) is 21.0 Å². The first-order chi connectivity index (χ1) is 8.93. The number of ether oxygens (including phenoxy) is 1. The second-order valence-corrected chi connectivity index (χ2v) is 4.85. The molecule has 1 aromatic rings. The molecule has 2 heterocycles. The summed E-state index contributed by atoms with van der Waals surface area (Å²) in [7, 11) is 0. The molecule has 10 heteroatoms. The Kier molecular flexibility index (Phi) is 4.16. The summed E-state index contributed by atoms with van der Waals surface area (Å²) >= 11 is 2.87. The van der Waals surface area contributed by atoms with Crippen LogP contribution in [0, 0.1) is 0 Å². The van der Waals surface area contributed by atoms with Crippen molar-refractivity contribution in [2.24, 2.45) is 0 Å². The molecule has 0 radical (unpaired) electrons. The number of nitrogens with zero attached hydrogens (tertiary/aromatic N) is 2. The molecule has 19 heavy (non-hydrogen) atoms. The third-order valence-corrected chi connectivity index (χ3v) is 3.33. The van der Waals surface area contributed by atoms with Crippen molar-refractivity contribution < 1.29 is 20.1 Å². The summed E-state index contributed by atoms with van der Waals surface area (Å²) in [5.41, 5.74) is -1.49. The van der Waals surface area contributed by atoms with Crippen molar-refractivity contribution in [3.63, 3.8) is 0 Å². The zero-order valence-corrected chi connectivity index (χ0v) is 11.1. The quantitative estimate of drug-likeness (QED) is 0.476. The van der Waals surface area contributed by atoms with E-state index in [4.69, 9.17) is 9.84 Å². The number of halogens is 1. The van der Waals surface area contributed by atoms with E-state index < -0.39 is 42.4 Å². The Bertz CT molecular complexity index is 572. The normalized spacial score (nSPS) is 31.4. The van der Waals surface area contributed by atoms with Gasteiger partial charge in [0.15, 0.2) is 10.8 Å². The lowest BCUT2D eigenvalue weighted by atomic mass is 10.0. The fraction of sp³-hybridized carbons (Fsp3) is 0.667. The lowest BCUT2D eigenvalue weighted by Crippen LogP contribution is -2.50. The van der Waals surface area contributed by atoms with Gasteiger partial charge in [-0.25, -0.2) is 4.79 Å². The predicted octanol–water partition coefficient (Wildman–Crippen LogP) is -2.30. The summed E-state index contributed by atoms with van der Waals surface area (Å²) in [4.78, 5) is 24.8. The van der Waals surface area contributed by atoms with E-state index >= 15 is 0 Å². The molecule has 1 fully saturated rings. The number of aliphatic hydroxyl groups is 3. The summed E-state index contributed by atoms with van der Waals surface area (Å²) in [6.45, 7) is -0.520. The Morgan fingerprint density at radius 3 is 2.79 bits per heavy atom. The molecule has 1 aliphatic rings. The summed E-state index contributed by atoms with van der Waals surface area (Å²) in [5, 5.41) is 32.0. The molecule has 0 aliphatic carbocycles. The van der Waals surface area contributed by atoms with Gasteiger partial charge in [-0.1, -0.05) is 0 Å². The van der Waals surface area contributed by atoms with Crippen LogP contribution in [0.3, 0.4) is 0 Å². The standard InChI is InChI=1S/C9H12BrN3O6/c10-7-8(17)11-9(18)13(12-7)5-1-3(15)6(16)4(2-14)19-5/h3-6,14-16H,1-2H2,(H,11,17,18)/t3-,4-,5?,6+/m1/s1. The minimum atomic E-state index is -1.25. The molecule has 0 amide bonds. The van der Waals surface area contributed by atoms with Gasteiger partial charge in [0, 0.05) is 6.42 Å². The van der Waals surface area contributed by atoms with Gasteiger partial charge in [-0.15, -0.1) is 0 Å². The van der Waals surface area contributed by atoms with Crippen molar-refractivity contribution in [3.05, 3.63) is 25.4 Å². The Hall–Kier alpha value is -1.07. The van der Waals surface area contributed by atoms with Gasteiger partial charge in [0.25, 0.3) is 5.56 Å². The molecule has 106 valence electrons. The minimum Gasteiger partial charge on any atom is -0.394 e. The monoisotopic (exact) mass is 337 g/mol. The molecule has 1 aliphatic heterocycles. The Morgan fingerprint density at radius 2 is 2.16 bits per heavy atom. The number of nitrogens with one attached hydrogen (secondary N) is 1. The second-order valence-electron chi connectivity index (χ2n) is 4.10. The number of aromatic nitrogens is 3. The van der Waals surface area contributed by atoms with E-state index in [1.54, 1.807) is 0 Å². The first-order valence-electron chi connectivity index (χ1n) is 5.45. The number of rotatable bonds is 2. The van der Waals surface area contributed by atoms with E-state index in [1.165, 1.54) is 0 Å². The van der Waals surface area contributed by atoms with Crippen LogP contribution in [0.15, 0.2) is 14.2 Å². The lowest BCUT2D eigenvalue weighted by molar-refractivity contribution is -0.205. The van der Waals surface area contributed by atoms with Crippen LogP contribution in [-0.4, -0.2) is 55.0 Å². The van der Waals surface area contributed by atoms with Crippen LogP contribution in [0.2, 0.25) is 0 Å². The first kappa shape index (κ1) is 14.3. The van der Waals surface area contributed by atoms with Crippen molar-refractivity contribution >= 4 is 15.9 Å². The fourth-order valence-corrected chi connectivity index (χ4v) is 2.10. The van der Waals surface area contributed by atoms with Gasteiger partial charge in [0.1, 0.15) is 12.2 Å². The highest BCUT2D eigenvalue weighted by molar-refractivity contribution is 9.10. The summed E-state index contributed by atoms with van der Waals surface area (Å²) in [6.07, 6.45) is -4.54. The SMILES string of the molecule is O=c1[nH]c(=O)n(C2C[C@@H](O)[C@H](O)[C@@H](CO)O2)nc1Br. The average molecular weight is 338 g/mol. The molecule has 2 rings (SSSR count). The number of hydrogen-bond acceptors (Lipinski definition) is 7. The van der Waals surface area contributed by atoms with Gasteiger partial charge in [-0.3, -0.25) is 9.78 Å².